The molecule has 5 heteroatoms. The largest absolute Gasteiger partial charge is 0.481 e. The molecule has 29 heavy (non-hydrogen) atoms. The van der Waals surface area contributed by atoms with Gasteiger partial charge in [-0.1, -0.05) is 60.7 Å². The number of allylic oxidation sites excluding steroid dienone is 2. The Bertz CT molecular complexity index is 890. The highest BCUT2D eigenvalue weighted by molar-refractivity contribution is 5.79. The molecule has 1 amide bonds. The Morgan fingerprint density at radius 1 is 0.931 bits per heavy atom. The van der Waals surface area contributed by atoms with Gasteiger partial charge in [0.25, 0.3) is 0 Å². The number of nitrogens with one attached hydrogen (secondary N) is 1. The number of aliphatic carboxylic acids is 1. The first kappa shape index (κ1) is 19.2. The molecule has 0 spiro atoms. The first-order valence-corrected chi connectivity index (χ1v) is 10.1. The number of carboxylic acid groups (broad SMARTS) is 1. The molecule has 2 unspecified atom stereocenters. The number of rotatable bonds is 4. The van der Waals surface area contributed by atoms with Crippen LogP contribution in [0.15, 0.2) is 60.7 Å². The van der Waals surface area contributed by atoms with Gasteiger partial charge in [0.15, 0.2) is 0 Å². The van der Waals surface area contributed by atoms with E-state index in [1.165, 1.54) is 11.1 Å². The smallest absolute Gasteiger partial charge is 0.407 e. The highest BCUT2D eigenvalue weighted by Crippen LogP contribution is 2.44. The topological polar surface area (TPSA) is 75.6 Å². The van der Waals surface area contributed by atoms with Gasteiger partial charge in [-0.15, -0.1) is 0 Å². The second-order valence-electron chi connectivity index (χ2n) is 7.65. The fraction of sp³-hybridized carbons (Fsp3) is 0.333. The number of hydrogen-bond acceptors (Lipinski definition) is 3. The third kappa shape index (κ3) is 4.04. The van der Waals surface area contributed by atoms with Crippen LogP contribution in [0.4, 0.5) is 4.79 Å². The van der Waals surface area contributed by atoms with Crippen LogP contribution in [-0.2, 0) is 9.53 Å². The molecule has 2 aliphatic rings. The van der Waals surface area contributed by atoms with E-state index in [4.69, 9.17) is 4.74 Å². The summed E-state index contributed by atoms with van der Waals surface area (Å²) in [6, 6.07) is 15.9. The van der Waals surface area contributed by atoms with E-state index in [2.05, 4.69) is 29.6 Å². The van der Waals surface area contributed by atoms with Gasteiger partial charge in [-0.05, 0) is 47.9 Å². The highest BCUT2D eigenvalue weighted by atomic mass is 16.5. The van der Waals surface area contributed by atoms with Crippen molar-refractivity contribution in [3.8, 4) is 11.1 Å². The van der Waals surface area contributed by atoms with Crippen molar-refractivity contribution in [1.29, 1.82) is 0 Å². The molecular formula is C24H25NO4. The SMILES string of the molecule is O=C(NC1CCC=CCCC1C(=O)O)OCC1c2ccccc2-c2ccccc21. The zero-order valence-corrected chi connectivity index (χ0v) is 16.2. The van der Waals surface area contributed by atoms with Gasteiger partial charge in [0, 0.05) is 12.0 Å². The Hall–Kier alpha value is -3.08. The minimum absolute atomic E-state index is 0.0105. The second kappa shape index (κ2) is 8.52. The molecule has 0 aliphatic heterocycles. The number of alkyl carbamates (subject to hydrolysis) is 1. The number of fused-ring (bicyclic) bond motifs is 3. The Labute approximate surface area is 170 Å². The summed E-state index contributed by atoms with van der Waals surface area (Å²) in [5.74, 6) is -1.48. The average Bonchev–Trinajstić information content (AvgIpc) is 3.02. The van der Waals surface area contributed by atoms with Crippen LogP contribution in [-0.4, -0.2) is 29.8 Å². The summed E-state index contributed by atoms with van der Waals surface area (Å²) in [5.41, 5.74) is 4.66. The molecule has 4 rings (SSSR count). The number of amides is 1. The minimum Gasteiger partial charge on any atom is -0.481 e. The number of hydrogen-bond donors (Lipinski definition) is 2. The van der Waals surface area contributed by atoms with Gasteiger partial charge in [0.05, 0.1) is 5.92 Å². The average molecular weight is 391 g/mol. The van der Waals surface area contributed by atoms with Crippen LogP contribution < -0.4 is 5.32 Å². The van der Waals surface area contributed by atoms with Crippen LogP contribution in [0.3, 0.4) is 0 Å². The summed E-state index contributed by atoms with van der Waals surface area (Å²) >= 11 is 0. The van der Waals surface area contributed by atoms with Crippen LogP contribution in [0, 0.1) is 5.92 Å². The van der Waals surface area contributed by atoms with Crippen molar-refractivity contribution in [2.24, 2.45) is 5.92 Å². The summed E-state index contributed by atoms with van der Waals surface area (Å²) < 4.78 is 5.58. The standard InChI is InChI=1S/C24H25NO4/c26-23(27)20-13-3-1-2-4-14-22(20)25-24(28)29-15-21-18-11-7-5-9-16(18)17-10-6-8-12-19(17)21/h1-2,5-12,20-22H,3-4,13-15H2,(H,25,28)(H,26,27). The molecule has 0 saturated carbocycles. The van der Waals surface area contributed by atoms with E-state index in [0.717, 1.165) is 17.5 Å². The van der Waals surface area contributed by atoms with E-state index >= 15 is 0 Å². The third-order valence-electron chi connectivity index (χ3n) is 5.91. The lowest BCUT2D eigenvalue weighted by atomic mass is 9.89. The Kier molecular flexibility index (Phi) is 5.65. The van der Waals surface area contributed by atoms with Gasteiger partial charge < -0.3 is 15.2 Å². The second-order valence-corrected chi connectivity index (χ2v) is 7.65. The van der Waals surface area contributed by atoms with E-state index in [-0.39, 0.29) is 12.5 Å². The first-order valence-electron chi connectivity index (χ1n) is 10.1. The molecule has 0 radical (unpaired) electrons. The van der Waals surface area contributed by atoms with Crippen molar-refractivity contribution in [3.63, 3.8) is 0 Å². The van der Waals surface area contributed by atoms with Crippen molar-refractivity contribution < 1.29 is 19.4 Å². The van der Waals surface area contributed by atoms with E-state index in [9.17, 15) is 14.7 Å². The number of carbonyl (C=O) groups excluding carboxylic acids is 1. The predicted octanol–water partition coefficient (Wildman–Crippen LogP) is 4.72. The third-order valence-corrected chi connectivity index (χ3v) is 5.91. The van der Waals surface area contributed by atoms with Crippen LogP contribution in [0.25, 0.3) is 11.1 Å². The van der Waals surface area contributed by atoms with Gasteiger partial charge in [0.2, 0.25) is 0 Å². The van der Waals surface area contributed by atoms with Crippen LogP contribution in [0.2, 0.25) is 0 Å². The Morgan fingerprint density at radius 3 is 2.14 bits per heavy atom. The van der Waals surface area contributed by atoms with E-state index in [0.29, 0.717) is 19.3 Å². The lowest BCUT2D eigenvalue weighted by Crippen LogP contribution is -2.44. The molecule has 2 aromatic carbocycles. The molecule has 0 saturated heterocycles. The highest BCUT2D eigenvalue weighted by Gasteiger charge is 2.31. The lowest BCUT2D eigenvalue weighted by Gasteiger charge is -2.26. The molecule has 0 fully saturated rings. The fourth-order valence-corrected chi connectivity index (χ4v) is 4.45. The lowest BCUT2D eigenvalue weighted by molar-refractivity contribution is -0.143. The molecule has 0 aromatic heterocycles. The normalized spacial score (nSPS) is 20.8. The number of ether oxygens (including phenoxy) is 1. The maximum atomic E-state index is 12.5. The molecule has 2 aromatic rings. The van der Waals surface area contributed by atoms with Gasteiger partial charge in [-0.2, -0.15) is 0 Å². The van der Waals surface area contributed by atoms with E-state index in [1.807, 2.05) is 36.4 Å². The molecule has 2 N–H and O–H groups in total. The number of benzene rings is 2. The molecule has 0 heterocycles. The molecule has 2 atom stereocenters. The van der Waals surface area contributed by atoms with Crippen molar-refractivity contribution in [2.75, 3.05) is 6.61 Å². The van der Waals surface area contributed by atoms with Crippen molar-refractivity contribution in [1.82, 2.24) is 5.32 Å². The Balaban J connectivity index is 1.44. The summed E-state index contributed by atoms with van der Waals surface area (Å²) in [4.78, 5) is 24.2. The molecule has 5 nitrogen and oxygen atoms in total. The van der Waals surface area contributed by atoms with Crippen LogP contribution in [0.5, 0.6) is 0 Å². The van der Waals surface area contributed by atoms with Gasteiger partial charge >= 0.3 is 12.1 Å². The fourth-order valence-electron chi connectivity index (χ4n) is 4.45. The zero-order chi connectivity index (χ0) is 20.2. The molecule has 0 bridgehead atoms. The van der Waals surface area contributed by atoms with E-state index in [1.54, 1.807) is 0 Å². The molecule has 2 aliphatic carbocycles. The first-order chi connectivity index (χ1) is 14.1. The quantitative estimate of drug-likeness (QED) is 0.739. The van der Waals surface area contributed by atoms with Crippen LogP contribution in [0.1, 0.15) is 42.7 Å². The Morgan fingerprint density at radius 2 is 1.52 bits per heavy atom. The maximum absolute atomic E-state index is 12.5. The minimum atomic E-state index is -0.871. The summed E-state index contributed by atoms with van der Waals surface area (Å²) in [7, 11) is 0. The van der Waals surface area contributed by atoms with Gasteiger partial charge in [-0.3, -0.25) is 4.79 Å². The number of carbonyl (C=O) groups is 2. The van der Waals surface area contributed by atoms with Crippen LogP contribution >= 0.6 is 0 Å². The van der Waals surface area contributed by atoms with Crippen molar-refractivity contribution in [2.45, 2.75) is 37.6 Å². The summed E-state index contributed by atoms with van der Waals surface area (Å²) in [6.07, 6.45) is 6.08. The van der Waals surface area contributed by atoms with Crippen molar-refractivity contribution >= 4 is 12.1 Å². The summed E-state index contributed by atoms with van der Waals surface area (Å²) in [5, 5.41) is 12.4. The maximum Gasteiger partial charge on any atom is 0.407 e. The molecular weight excluding hydrogens is 366 g/mol. The molecule has 150 valence electrons. The zero-order valence-electron chi connectivity index (χ0n) is 16.2. The van der Waals surface area contributed by atoms with Gasteiger partial charge in [-0.25, -0.2) is 4.79 Å². The number of carboxylic acids is 1. The summed E-state index contributed by atoms with van der Waals surface area (Å²) in [6.45, 7) is 0.226. The monoisotopic (exact) mass is 391 g/mol. The van der Waals surface area contributed by atoms with E-state index < -0.39 is 24.0 Å². The predicted molar refractivity (Wildman–Crippen MR) is 111 cm³/mol. The van der Waals surface area contributed by atoms with Gasteiger partial charge in [0.1, 0.15) is 6.61 Å². The van der Waals surface area contributed by atoms with Crippen molar-refractivity contribution in [3.05, 3.63) is 71.8 Å².